The van der Waals surface area contributed by atoms with Crippen molar-refractivity contribution in [2.24, 2.45) is 0 Å². The van der Waals surface area contributed by atoms with Crippen molar-refractivity contribution in [1.29, 1.82) is 0 Å². The largest absolute Gasteiger partial charge is 0.396 e. The van der Waals surface area contributed by atoms with Gasteiger partial charge >= 0.3 is 0 Å². The molecule has 0 rings (SSSR count). The van der Waals surface area contributed by atoms with E-state index in [1.807, 2.05) is 0 Å². The third-order valence-electron chi connectivity index (χ3n) is 0.762. The average Bonchev–Trinajstić information content (AvgIpc) is 1.61. The minimum Gasteiger partial charge on any atom is -0.396 e. The monoisotopic (exact) mass is 128 g/mol. The van der Waals surface area contributed by atoms with Gasteiger partial charge in [-0.15, -0.1) is 0 Å². The molecule has 0 spiro atoms. The molecule has 0 fully saturated rings. The minimum atomic E-state index is 0. The molecule has 0 saturated carbocycles. The summed E-state index contributed by atoms with van der Waals surface area (Å²) in [6.07, 6.45) is 3.33. The molecule has 2 heteroatoms. The van der Waals surface area contributed by atoms with E-state index in [0.29, 0.717) is 6.61 Å². The van der Waals surface area contributed by atoms with Crippen LogP contribution in [0.4, 0.5) is 0 Å². The fourth-order valence-electron chi connectivity index (χ4n) is 0.362. The van der Waals surface area contributed by atoms with Crippen LogP contribution in [0.15, 0.2) is 0 Å². The van der Waals surface area contributed by atoms with E-state index in [2.05, 4.69) is 6.92 Å². The van der Waals surface area contributed by atoms with Gasteiger partial charge in [-0.2, -0.15) is 0 Å². The summed E-state index contributed by atoms with van der Waals surface area (Å²) >= 11 is 0. The van der Waals surface area contributed by atoms with Gasteiger partial charge in [-0.3, -0.25) is 0 Å². The van der Waals surface area contributed by atoms with E-state index >= 15 is 0 Å². The molecule has 2 radical (unpaired) electrons. The second kappa shape index (κ2) is 10.3. The van der Waals surface area contributed by atoms with Crippen LogP contribution < -0.4 is 0 Å². The zero-order valence-electron chi connectivity index (χ0n) is 4.98. The molecule has 0 atom stereocenters. The van der Waals surface area contributed by atoms with E-state index in [-0.39, 0.29) is 37.7 Å². The molecular formula is C5H12CaO. The van der Waals surface area contributed by atoms with E-state index in [1.165, 1.54) is 6.42 Å². The zero-order chi connectivity index (χ0) is 4.83. The Morgan fingerprint density at radius 1 is 1.29 bits per heavy atom. The Kier molecular flexibility index (Phi) is 16.2. The van der Waals surface area contributed by atoms with Gasteiger partial charge in [-0.05, 0) is 6.42 Å². The maximum absolute atomic E-state index is 8.20. The van der Waals surface area contributed by atoms with Gasteiger partial charge in [-0.1, -0.05) is 19.8 Å². The second-order valence-electron chi connectivity index (χ2n) is 1.43. The van der Waals surface area contributed by atoms with Crippen molar-refractivity contribution >= 4 is 37.7 Å². The summed E-state index contributed by atoms with van der Waals surface area (Å²) in [5.41, 5.74) is 0. The second-order valence-corrected chi connectivity index (χ2v) is 1.43. The van der Waals surface area contributed by atoms with Crippen LogP contribution in [0.5, 0.6) is 0 Å². The molecule has 1 N–H and O–H groups in total. The van der Waals surface area contributed by atoms with Crippen LogP contribution >= 0.6 is 0 Å². The fourth-order valence-corrected chi connectivity index (χ4v) is 0.362. The first-order chi connectivity index (χ1) is 2.91. The standard InChI is InChI=1S/C5H12O.Ca/c1-2-3-4-5-6;/h6H,2-5H2,1H3;. The maximum Gasteiger partial charge on any atom is 0.0431 e. The van der Waals surface area contributed by atoms with Gasteiger partial charge in [0.15, 0.2) is 0 Å². The van der Waals surface area contributed by atoms with Crippen LogP contribution in [0.2, 0.25) is 0 Å². The third kappa shape index (κ3) is 11.0. The molecule has 0 aromatic heterocycles. The predicted molar refractivity (Wildman–Crippen MR) is 32.4 cm³/mol. The van der Waals surface area contributed by atoms with Crippen molar-refractivity contribution in [3.05, 3.63) is 0 Å². The first kappa shape index (κ1) is 11.1. The van der Waals surface area contributed by atoms with Crippen molar-refractivity contribution < 1.29 is 5.11 Å². The number of aliphatic hydroxyl groups is 1. The van der Waals surface area contributed by atoms with Gasteiger partial charge in [0.25, 0.3) is 0 Å². The van der Waals surface area contributed by atoms with E-state index < -0.39 is 0 Å². The van der Waals surface area contributed by atoms with Crippen LogP contribution in [-0.2, 0) is 0 Å². The van der Waals surface area contributed by atoms with Crippen LogP contribution in [0.25, 0.3) is 0 Å². The summed E-state index contributed by atoms with van der Waals surface area (Å²) in [5, 5.41) is 8.20. The summed E-state index contributed by atoms with van der Waals surface area (Å²) in [6, 6.07) is 0. The number of rotatable bonds is 3. The molecule has 0 heterocycles. The summed E-state index contributed by atoms with van der Waals surface area (Å²) in [4.78, 5) is 0. The third-order valence-corrected chi connectivity index (χ3v) is 0.762. The number of aliphatic hydroxyl groups excluding tert-OH is 1. The Morgan fingerprint density at radius 2 is 1.86 bits per heavy atom. The zero-order valence-corrected chi connectivity index (χ0v) is 7.19. The van der Waals surface area contributed by atoms with Crippen LogP contribution in [0.1, 0.15) is 26.2 Å². The van der Waals surface area contributed by atoms with Gasteiger partial charge in [0.2, 0.25) is 0 Å². The summed E-state index contributed by atoms with van der Waals surface area (Å²) < 4.78 is 0. The van der Waals surface area contributed by atoms with Gasteiger partial charge in [-0.25, -0.2) is 0 Å². The molecule has 7 heavy (non-hydrogen) atoms. The Morgan fingerprint density at radius 3 is 2.00 bits per heavy atom. The van der Waals surface area contributed by atoms with Gasteiger partial charge < -0.3 is 5.11 Å². The van der Waals surface area contributed by atoms with Crippen LogP contribution in [0, 0.1) is 0 Å². The van der Waals surface area contributed by atoms with E-state index in [0.717, 1.165) is 12.8 Å². The van der Waals surface area contributed by atoms with Gasteiger partial charge in [0.1, 0.15) is 0 Å². The van der Waals surface area contributed by atoms with Crippen LogP contribution in [0.3, 0.4) is 0 Å². The Hall–Kier alpha value is 1.22. The molecule has 0 aliphatic carbocycles. The normalized spacial score (nSPS) is 7.71. The van der Waals surface area contributed by atoms with Crippen molar-refractivity contribution in [2.75, 3.05) is 6.61 Å². The Bertz CT molecular complexity index is 20.0. The van der Waals surface area contributed by atoms with Crippen molar-refractivity contribution in [1.82, 2.24) is 0 Å². The van der Waals surface area contributed by atoms with Crippen molar-refractivity contribution in [3.63, 3.8) is 0 Å². The molecule has 0 aromatic rings. The first-order valence-electron chi connectivity index (χ1n) is 2.52. The van der Waals surface area contributed by atoms with E-state index in [4.69, 9.17) is 5.11 Å². The molecule has 0 aliphatic heterocycles. The molecule has 0 aliphatic rings. The Balaban J connectivity index is 0. The fraction of sp³-hybridized carbons (Fsp3) is 1.00. The first-order valence-corrected chi connectivity index (χ1v) is 2.52. The van der Waals surface area contributed by atoms with Crippen LogP contribution in [-0.4, -0.2) is 49.5 Å². The van der Waals surface area contributed by atoms with E-state index in [9.17, 15) is 0 Å². The Labute approximate surface area is 75.1 Å². The summed E-state index contributed by atoms with van der Waals surface area (Å²) in [5.74, 6) is 0. The molecule has 0 amide bonds. The topological polar surface area (TPSA) is 20.2 Å². The quantitative estimate of drug-likeness (QED) is 0.440. The number of hydrogen-bond acceptors (Lipinski definition) is 1. The molecule has 0 saturated heterocycles. The molecule has 0 aromatic carbocycles. The molecular weight excluding hydrogens is 116 g/mol. The molecule has 40 valence electrons. The number of unbranched alkanes of at least 4 members (excludes halogenated alkanes) is 2. The summed E-state index contributed by atoms with van der Waals surface area (Å²) in [7, 11) is 0. The van der Waals surface area contributed by atoms with Crippen molar-refractivity contribution in [3.8, 4) is 0 Å². The van der Waals surface area contributed by atoms with Gasteiger partial charge in [0, 0.05) is 44.3 Å². The average molecular weight is 128 g/mol. The molecule has 0 bridgehead atoms. The molecule has 1 nitrogen and oxygen atoms in total. The molecule has 0 unspecified atom stereocenters. The van der Waals surface area contributed by atoms with Gasteiger partial charge in [0.05, 0.1) is 0 Å². The predicted octanol–water partition coefficient (Wildman–Crippen LogP) is 0.788. The number of hydrogen-bond donors (Lipinski definition) is 1. The smallest absolute Gasteiger partial charge is 0.0431 e. The SMILES string of the molecule is CCCCCO.[Ca]. The van der Waals surface area contributed by atoms with E-state index in [1.54, 1.807) is 0 Å². The maximum atomic E-state index is 8.20. The summed E-state index contributed by atoms with van der Waals surface area (Å²) in [6.45, 7) is 2.48. The van der Waals surface area contributed by atoms with Crippen molar-refractivity contribution in [2.45, 2.75) is 26.2 Å². The minimum absolute atomic E-state index is 0.